The van der Waals surface area contributed by atoms with Crippen molar-refractivity contribution in [1.29, 1.82) is 0 Å². The molecule has 1 aromatic rings. The summed E-state index contributed by atoms with van der Waals surface area (Å²) in [4.78, 5) is 13.5. The van der Waals surface area contributed by atoms with Crippen molar-refractivity contribution in [2.24, 2.45) is 0 Å². The standard InChI is InChI=1S/C10H11NOS/c1-8-9(4-2-3-7-13)5-6-10(12)11-8/h5-6,13H,3,7H2,1H3,(H,11,12). The lowest BCUT2D eigenvalue weighted by atomic mass is 10.2. The molecule has 0 aliphatic rings. The van der Waals surface area contributed by atoms with Crippen molar-refractivity contribution in [2.75, 3.05) is 5.75 Å². The van der Waals surface area contributed by atoms with Crippen molar-refractivity contribution in [3.05, 3.63) is 33.7 Å². The van der Waals surface area contributed by atoms with Crippen LogP contribution in [0.3, 0.4) is 0 Å². The molecular weight excluding hydrogens is 182 g/mol. The Kier molecular flexibility index (Phi) is 3.66. The van der Waals surface area contributed by atoms with Gasteiger partial charge in [-0.15, -0.1) is 0 Å². The van der Waals surface area contributed by atoms with Gasteiger partial charge in [-0.3, -0.25) is 4.79 Å². The summed E-state index contributed by atoms with van der Waals surface area (Å²) < 4.78 is 0. The fourth-order valence-corrected chi connectivity index (χ4v) is 1.04. The number of aryl methyl sites for hydroxylation is 1. The normalized spacial score (nSPS) is 9.08. The molecule has 1 rings (SSSR count). The topological polar surface area (TPSA) is 32.9 Å². The zero-order valence-corrected chi connectivity index (χ0v) is 8.32. The van der Waals surface area contributed by atoms with Crippen LogP contribution in [0.1, 0.15) is 17.7 Å². The van der Waals surface area contributed by atoms with E-state index in [9.17, 15) is 4.79 Å². The fourth-order valence-electron chi connectivity index (χ4n) is 0.927. The van der Waals surface area contributed by atoms with E-state index < -0.39 is 0 Å². The molecule has 0 unspecified atom stereocenters. The quantitative estimate of drug-likeness (QED) is 0.512. The minimum absolute atomic E-state index is 0.0859. The van der Waals surface area contributed by atoms with Gasteiger partial charge < -0.3 is 4.98 Å². The van der Waals surface area contributed by atoms with E-state index in [0.717, 1.165) is 23.4 Å². The Morgan fingerprint density at radius 3 is 2.92 bits per heavy atom. The molecule has 0 radical (unpaired) electrons. The second-order valence-electron chi connectivity index (χ2n) is 2.64. The SMILES string of the molecule is Cc1[nH]c(=O)ccc1C#CCCS. The van der Waals surface area contributed by atoms with Gasteiger partial charge in [-0.1, -0.05) is 11.8 Å². The monoisotopic (exact) mass is 193 g/mol. The van der Waals surface area contributed by atoms with Crippen molar-refractivity contribution in [2.45, 2.75) is 13.3 Å². The lowest BCUT2D eigenvalue weighted by Gasteiger charge is -1.94. The average Bonchev–Trinajstić information content (AvgIpc) is 2.09. The molecule has 13 heavy (non-hydrogen) atoms. The number of thiol groups is 1. The second kappa shape index (κ2) is 4.78. The van der Waals surface area contributed by atoms with Gasteiger partial charge in [0, 0.05) is 29.5 Å². The van der Waals surface area contributed by atoms with Crippen LogP contribution in [0.15, 0.2) is 16.9 Å². The van der Waals surface area contributed by atoms with Crippen LogP contribution in [0, 0.1) is 18.8 Å². The zero-order valence-electron chi connectivity index (χ0n) is 7.42. The molecule has 0 saturated carbocycles. The molecular formula is C10H11NOS. The second-order valence-corrected chi connectivity index (χ2v) is 3.08. The maximum absolute atomic E-state index is 10.9. The highest BCUT2D eigenvalue weighted by Crippen LogP contribution is 1.98. The molecule has 0 spiro atoms. The first-order chi connectivity index (χ1) is 6.24. The molecule has 0 amide bonds. The third kappa shape index (κ3) is 3.00. The van der Waals surface area contributed by atoms with E-state index in [1.54, 1.807) is 6.07 Å². The van der Waals surface area contributed by atoms with Gasteiger partial charge in [0.25, 0.3) is 0 Å². The van der Waals surface area contributed by atoms with Crippen LogP contribution in [0.5, 0.6) is 0 Å². The minimum Gasteiger partial charge on any atom is -0.325 e. The highest BCUT2D eigenvalue weighted by Gasteiger charge is 1.93. The summed E-state index contributed by atoms with van der Waals surface area (Å²) >= 11 is 4.05. The Labute approximate surface area is 82.8 Å². The van der Waals surface area contributed by atoms with E-state index in [0.29, 0.717) is 0 Å². The Morgan fingerprint density at radius 2 is 2.31 bits per heavy atom. The zero-order chi connectivity index (χ0) is 9.68. The van der Waals surface area contributed by atoms with Crippen LogP contribution in [-0.2, 0) is 0 Å². The Hall–Kier alpha value is -1.14. The van der Waals surface area contributed by atoms with E-state index in [2.05, 4.69) is 29.5 Å². The smallest absolute Gasteiger partial charge is 0.248 e. The maximum Gasteiger partial charge on any atom is 0.248 e. The molecule has 0 saturated heterocycles. The molecule has 0 aliphatic heterocycles. The summed E-state index contributed by atoms with van der Waals surface area (Å²) in [5.41, 5.74) is 1.61. The number of rotatable bonds is 1. The maximum atomic E-state index is 10.9. The molecule has 0 fully saturated rings. The largest absolute Gasteiger partial charge is 0.325 e. The van der Waals surface area contributed by atoms with Crippen LogP contribution in [-0.4, -0.2) is 10.7 Å². The molecule has 1 N–H and O–H groups in total. The number of aromatic amines is 1. The van der Waals surface area contributed by atoms with Crippen LogP contribution in [0.4, 0.5) is 0 Å². The highest BCUT2D eigenvalue weighted by molar-refractivity contribution is 7.80. The molecule has 0 atom stereocenters. The summed E-state index contributed by atoms with van der Waals surface area (Å²) in [7, 11) is 0. The number of H-pyrrole nitrogens is 1. The van der Waals surface area contributed by atoms with Crippen molar-refractivity contribution in [3.8, 4) is 11.8 Å². The lowest BCUT2D eigenvalue weighted by molar-refractivity contribution is 1.13. The minimum atomic E-state index is -0.0859. The lowest BCUT2D eigenvalue weighted by Crippen LogP contribution is -2.05. The van der Waals surface area contributed by atoms with Gasteiger partial charge in [-0.25, -0.2) is 0 Å². The third-order valence-corrected chi connectivity index (χ3v) is 1.80. The fraction of sp³-hybridized carbons (Fsp3) is 0.300. The predicted octanol–water partition coefficient (Wildman–Crippen LogP) is 1.35. The van der Waals surface area contributed by atoms with Crippen LogP contribution < -0.4 is 5.56 Å². The highest BCUT2D eigenvalue weighted by atomic mass is 32.1. The van der Waals surface area contributed by atoms with Crippen LogP contribution in [0.2, 0.25) is 0 Å². The number of pyridine rings is 1. The Morgan fingerprint density at radius 1 is 1.54 bits per heavy atom. The molecule has 68 valence electrons. The Bertz CT molecular complexity index is 397. The molecule has 2 nitrogen and oxygen atoms in total. The van der Waals surface area contributed by atoms with E-state index in [1.165, 1.54) is 6.07 Å². The summed E-state index contributed by atoms with van der Waals surface area (Å²) in [6.45, 7) is 1.84. The Balaban J connectivity index is 2.92. The summed E-state index contributed by atoms with van der Waals surface area (Å²) in [6, 6.07) is 3.22. The van der Waals surface area contributed by atoms with Crippen molar-refractivity contribution < 1.29 is 0 Å². The average molecular weight is 193 g/mol. The van der Waals surface area contributed by atoms with Crippen molar-refractivity contribution in [1.82, 2.24) is 4.98 Å². The van der Waals surface area contributed by atoms with Gasteiger partial charge in [0.15, 0.2) is 0 Å². The third-order valence-electron chi connectivity index (χ3n) is 1.58. The summed E-state index contributed by atoms with van der Waals surface area (Å²) in [5.74, 6) is 6.69. The molecule has 0 bridgehead atoms. The van der Waals surface area contributed by atoms with E-state index in [4.69, 9.17) is 0 Å². The molecule has 3 heteroatoms. The van der Waals surface area contributed by atoms with E-state index >= 15 is 0 Å². The predicted molar refractivity (Wildman–Crippen MR) is 57.1 cm³/mol. The van der Waals surface area contributed by atoms with Gasteiger partial charge in [0.1, 0.15) is 0 Å². The molecule has 1 heterocycles. The van der Waals surface area contributed by atoms with Crippen molar-refractivity contribution in [3.63, 3.8) is 0 Å². The van der Waals surface area contributed by atoms with Crippen molar-refractivity contribution >= 4 is 12.6 Å². The van der Waals surface area contributed by atoms with Gasteiger partial charge in [-0.2, -0.15) is 12.6 Å². The number of aromatic nitrogens is 1. The number of hydrogen-bond acceptors (Lipinski definition) is 2. The first-order valence-electron chi connectivity index (χ1n) is 4.03. The van der Waals surface area contributed by atoms with E-state index in [1.807, 2.05) is 6.92 Å². The van der Waals surface area contributed by atoms with Crippen LogP contribution >= 0.6 is 12.6 Å². The molecule has 0 aliphatic carbocycles. The molecule has 1 aromatic heterocycles. The number of hydrogen-bond donors (Lipinski definition) is 2. The first kappa shape index (κ1) is 9.94. The van der Waals surface area contributed by atoms with Gasteiger partial charge in [-0.05, 0) is 13.0 Å². The first-order valence-corrected chi connectivity index (χ1v) is 4.67. The molecule has 0 aromatic carbocycles. The summed E-state index contributed by atoms with van der Waals surface area (Å²) in [6.07, 6.45) is 0.766. The van der Waals surface area contributed by atoms with Gasteiger partial charge >= 0.3 is 0 Å². The number of nitrogens with one attached hydrogen (secondary N) is 1. The van der Waals surface area contributed by atoms with Crippen LogP contribution in [0.25, 0.3) is 0 Å². The summed E-state index contributed by atoms with van der Waals surface area (Å²) in [5, 5.41) is 0. The van der Waals surface area contributed by atoms with Gasteiger partial charge in [0.05, 0.1) is 0 Å². The van der Waals surface area contributed by atoms with E-state index in [-0.39, 0.29) is 5.56 Å². The van der Waals surface area contributed by atoms with Gasteiger partial charge in [0.2, 0.25) is 5.56 Å².